The Morgan fingerprint density at radius 3 is 2.29 bits per heavy atom. The van der Waals surface area contributed by atoms with E-state index in [4.69, 9.17) is 4.74 Å². The van der Waals surface area contributed by atoms with Gasteiger partial charge in [-0.1, -0.05) is 56.7 Å². The van der Waals surface area contributed by atoms with E-state index < -0.39 is 11.7 Å². The van der Waals surface area contributed by atoms with Crippen LogP contribution in [0, 0.1) is 0 Å². The van der Waals surface area contributed by atoms with Crippen LogP contribution in [0.25, 0.3) is 0 Å². The summed E-state index contributed by atoms with van der Waals surface area (Å²) in [4.78, 5) is 11.6. The zero-order valence-corrected chi connectivity index (χ0v) is 13.2. The molecule has 0 aromatic heterocycles. The lowest BCUT2D eigenvalue weighted by atomic mass is 10.1. The van der Waals surface area contributed by atoms with Crippen molar-refractivity contribution in [3.63, 3.8) is 0 Å². The van der Waals surface area contributed by atoms with E-state index in [9.17, 15) is 4.79 Å². The first-order valence-corrected chi connectivity index (χ1v) is 6.66. The van der Waals surface area contributed by atoms with Crippen LogP contribution in [0.5, 0.6) is 0 Å². The van der Waals surface area contributed by atoms with Crippen molar-refractivity contribution in [1.82, 2.24) is 5.32 Å². The van der Waals surface area contributed by atoms with Gasteiger partial charge in [0, 0.05) is 6.54 Å². The molecule has 0 aromatic carbocycles. The normalized spacial score (nSPS) is 11.9. The molecule has 0 aromatic rings. The number of amides is 1. The first-order chi connectivity index (χ1) is 9.69. The molecule has 0 spiro atoms. The Bertz CT molecular complexity index is 488. The van der Waals surface area contributed by atoms with E-state index in [0.717, 1.165) is 16.7 Å². The van der Waals surface area contributed by atoms with Crippen LogP contribution in [-0.4, -0.2) is 18.2 Å². The summed E-state index contributed by atoms with van der Waals surface area (Å²) in [5.41, 5.74) is 1.81. The maximum absolute atomic E-state index is 11.6. The Morgan fingerprint density at radius 2 is 1.81 bits per heavy atom. The van der Waals surface area contributed by atoms with E-state index in [0.29, 0.717) is 6.54 Å². The van der Waals surface area contributed by atoms with Crippen molar-refractivity contribution in [2.45, 2.75) is 26.4 Å². The van der Waals surface area contributed by atoms with E-state index in [1.807, 2.05) is 32.9 Å². The van der Waals surface area contributed by atoms with Crippen LogP contribution in [0.3, 0.4) is 0 Å². The molecular formula is C18H25NO2. The highest BCUT2D eigenvalue weighted by atomic mass is 16.6. The molecule has 0 radical (unpaired) electrons. The van der Waals surface area contributed by atoms with E-state index in [1.54, 1.807) is 18.2 Å². The summed E-state index contributed by atoms with van der Waals surface area (Å²) in [6.07, 6.45) is 8.28. The van der Waals surface area contributed by atoms with E-state index in [2.05, 4.69) is 31.6 Å². The summed E-state index contributed by atoms with van der Waals surface area (Å²) in [5.74, 6) is 0. The highest BCUT2D eigenvalue weighted by Gasteiger charge is 2.15. The lowest BCUT2D eigenvalue weighted by Crippen LogP contribution is -2.33. The Balaban J connectivity index is 4.61. The zero-order valence-electron chi connectivity index (χ0n) is 13.2. The number of alkyl carbamates (subject to hydrolysis) is 1. The number of carbonyl (C=O) groups is 1. The third-order valence-electron chi connectivity index (χ3n) is 2.30. The van der Waals surface area contributed by atoms with Crippen LogP contribution < -0.4 is 5.32 Å². The fraction of sp³-hybridized carbons (Fsp3) is 0.278. The van der Waals surface area contributed by atoms with Gasteiger partial charge in [-0.05, 0) is 37.5 Å². The number of carbonyl (C=O) groups excluding carboxylic acids is 1. The van der Waals surface area contributed by atoms with Gasteiger partial charge in [0.15, 0.2) is 0 Å². The molecule has 1 N–H and O–H groups in total. The minimum Gasteiger partial charge on any atom is -0.444 e. The topological polar surface area (TPSA) is 38.3 Å². The van der Waals surface area contributed by atoms with E-state index in [1.165, 1.54) is 0 Å². The van der Waals surface area contributed by atoms with Gasteiger partial charge in [0.25, 0.3) is 0 Å². The summed E-state index contributed by atoms with van der Waals surface area (Å²) in [6, 6.07) is 0. The second-order valence-electron chi connectivity index (χ2n) is 5.42. The van der Waals surface area contributed by atoms with E-state index in [-0.39, 0.29) is 0 Å². The molecule has 0 saturated heterocycles. The van der Waals surface area contributed by atoms with Gasteiger partial charge in [-0.25, -0.2) is 4.79 Å². The fourth-order valence-electron chi connectivity index (χ4n) is 1.28. The maximum Gasteiger partial charge on any atom is 0.407 e. The summed E-state index contributed by atoms with van der Waals surface area (Å²) in [7, 11) is 0. The molecule has 0 bridgehead atoms. The number of nitrogens with one attached hydrogen (secondary N) is 1. The number of rotatable bonds is 7. The van der Waals surface area contributed by atoms with E-state index >= 15 is 0 Å². The minimum atomic E-state index is -0.518. The van der Waals surface area contributed by atoms with Gasteiger partial charge in [-0.15, -0.1) is 0 Å². The van der Waals surface area contributed by atoms with Gasteiger partial charge in [0.05, 0.1) is 0 Å². The van der Waals surface area contributed by atoms with Crippen LogP contribution >= 0.6 is 0 Å². The molecule has 0 saturated carbocycles. The Kier molecular flexibility index (Phi) is 7.84. The van der Waals surface area contributed by atoms with Gasteiger partial charge in [-0.2, -0.15) is 0 Å². The second-order valence-corrected chi connectivity index (χ2v) is 5.42. The molecule has 0 heterocycles. The predicted octanol–water partition coefficient (Wildman–Crippen LogP) is 4.48. The number of ether oxygens (including phenoxy) is 1. The van der Waals surface area contributed by atoms with Crippen molar-refractivity contribution >= 4 is 6.09 Å². The first-order valence-electron chi connectivity index (χ1n) is 6.66. The van der Waals surface area contributed by atoms with Crippen molar-refractivity contribution in [2.24, 2.45) is 0 Å². The van der Waals surface area contributed by atoms with Gasteiger partial charge >= 0.3 is 6.09 Å². The van der Waals surface area contributed by atoms with Gasteiger partial charge in [-0.3, -0.25) is 0 Å². The largest absolute Gasteiger partial charge is 0.444 e. The molecular weight excluding hydrogens is 262 g/mol. The van der Waals surface area contributed by atoms with Crippen molar-refractivity contribution in [3.05, 3.63) is 73.4 Å². The molecule has 1 amide bonds. The highest BCUT2D eigenvalue weighted by molar-refractivity contribution is 5.68. The predicted molar refractivity (Wildman–Crippen MR) is 90.1 cm³/mol. The van der Waals surface area contributed by atoms with Gasteiger partial charge in [0.1, 0.15) is 5.60 Å². The summed E-state index contributed by atoms with van der Waals surface area (Å²) < 4.78 is 5.16. The smallest absolute Gasteiger partial charge is 0.407 e. The van der Waals surface area contributed by atoms with Crippen LogP contribution in [0.2, 0.25) is 0 Å². The van der Waals surface area contributed by atoms with Crippen LogP contribution in [-0.2, 0) is 4.74 Å². The molecule has 114 valence electrons. The molecule has 21 heavy (non-hydrogen) atoms. The SMILES string of the molecule is C=CC=CC(=C)C(=C)C=C(C=C)CNC(=O)OC(C)(C)C. The van der Waals surface area contributed by atoms with Crippen LogP contribution in [0.4, 0.5) is 4.79 Å². The molecule has 3 nitrogen and oxygen atoms in total. The van der Waals surface area contributed by atoms with Crippen molar-refractivity contribution in [1.29, 1.82) is 0 Å². The first kappa shape index (κ1) is 18.7. The Hall–Kier alpha value is -2.29. The lowest BCUT2D eigenvalue weighted by molar-refractivity contribution is 0.0533. The summed E-state index contributed by atoms with van der Waals surface area (Å²) >= 11 is 0. The number of hydrogen-bond acceptors (Lipinski definition) is 2. The average Bonchev–Trinajstić information content (AvgIpc) is 2.38. The zero-order chi connectivity index (χ0) is 16.5. The minimum absolute atomic E-state index is 0.315. The molecule has 0 aliphatic heterocycles. The fourth-order valence-corrected chi connectivity index (χ4v) is 1.28. The number of allylic oxidation sites excluding steroid dienone is 6. The molecule has 0 unspecified atom stereocenters. The second kappa shape index (κ2) is 8.80. The molecule has 0 aliphatic carbocycles. The summed E-state index contributed by atoms with van der Waals surface area (Å²) in [6.45, 7) is 20.9. The average molecular weight is 287 g/mol. The molecule has 0 fully saturated rings. The summed E-state index contributed by atoms with van der Waals surface area (Å²) in [5, 5.41) is 2.67. The monoisotopic (exact) mass is 287 g/mol. The number of hydrogen-bond donors (Lipinski definition) is 1. The van der Waals surface area contributed by atoms with Crippen molar-refractivity contribution in [2.75, 3.05) is 6.54 Å². The highest BCUT2D eigenvalue weighted by Crippen LogP contribution is 2.12. The van der Waals surface area contributed by atoms with Gasteiger partial charge < -0.3 is 10.1 Å². The molecule has 0 aliphatic rings. The Morgan fingerprint density at radius 1 is 1.19 bits per heavy atom. The van der Waals surface area contributed by atoms with Gasteiger partial charge in [0.2, 0.25) is 0 Å². The quantitative estimate of drug-likeness (QED) is 0.701. The standard InChI is InChI=1S/C18H25NO2/c1-8-10-11-14(3)15(4)12-16(9-2)13-19-17(20)21-18(5,6)7/h8-12H,1-4,13H2,5-7H3,(H,19,20). The third kappa shape index (κ3) is 9.27. The molecule has 0 atom stereocenters. The maximum atomic E-state index is 11.6. The van der Waals surface area contributed by atoms with Crippen molar-refractivity contribution in [3.8, 4) is 0 Å². The Labute approximate surface area is 128 Å². The lowest BCUT2D eigenvalue weighted by Gasteiger charge is -2.19. The molecule has 0 rings (SSSR count). The molecule has 3 heteroatoms. The van der Waals surface area contributed by atoms with Crippen LogP contribution in [0.15, 0.2) is 73.4 Å². The third-order valence-corrected chi connectivity index (χ3v) is 2.30. The van der Waals surface area contributed by atoms with Crippen molar-refractivity contribution < 1.29 is 9.53 Å². The van der Waals surface area contributed by atoms with Crippen LogP contribution in [0.1, 0.15) is 20.8 Å².